The molecular weight excluding hydrogens is 310 g/mol. The van der Waals surface area contributed by atoms with Crippen LogP contribution in [0.1, 0.15) is 30.0 Å². The van der Waals surface area contributed by atoms with Crippen molar-refractivity contribution in [3.63, 3.8) is 0 Å². The topological polar surface area (TPSA) is 46.6 Å². The summed E-state index contributed by atoms with van der Waals surface area (Å²) in [4.78, 5) is 0. The molecule has 1 aliphatic heterocycles. The fraction of sp³-hybridized carbons (Fsp3) is 0.333. The largest absolute Gasteiger partial charge is 0.497 e. The van der Waals surface area contributed by atoms with Crippen LogP contribution in [-0.4, -0.2) is 26.4 Å². The molecule has 5 heteroatoms. The Bertz CT molecular complexity index is 742. The minimum atomic E-state index is -3.32. The minimum absolute atomic E-state index is 0.0560. The number of rotatable bonds is 5. The molecule has 2 aromatic rings. The van der Waals surface area contributed by atoms with Gasteiger partial charge in [-0.05, 0) is 36.1 Å². The van der Waals surface area contributed by atoms with E-state index in [1.807, 2.05) is 54.6 Å². The van der Waals surface area contributed by atoms with E-state index in [0.717, 1.165) is 29.7 Å². The van der Waals surface area contributed by atoms with Crippen LogP contribution in [-0.2, 0) is 15.8 Å². The predicted octanol–water partition coefficient (Wildman–Crippen LogP) is 3.36. The van der Waals surface area contributed by atoms with Gasteiger partial charge in [0, 0.05) is 12.6 Å². The van der Waals surface area contributed by atoms with Crippen LogP contribution in [0.15, 0.2) is 54.6 Å². The summed E-state index contributed by atoms with van der Waals surface area (Å²) in [7, 11) is -1.70. The molecule has 122 valence electrons. The molecule has 0 unspecified atom stereocenters. The van der Waals surface area contributed by atoms with Crippen molar-refractivity contribution in [2.75, 3.05) is 13.7 Å². The average Bonchev–Trinajstić information content (AvgIpc) is 3.06. The normalized spacial score (nSPS) is 18.9. The molecule has 0 bridgehead atoms. The van der Waals surface area contributed by atoms with Crippen LogP contribution in [0, 0.1) is 0 Å². The molecule has 1 atom stereocenters. The molecule has 0 spiro atoms. The van der Waals surface area contributed by atoms with Crippen molar-refractivity contribution in [1.29, 1.82) is 0 Å². The summed E-state index contributed by atoms with van der Waals surface area (Å²) >= 11 is 0. The Balaban J connectivity index is 1.82. The fourth-order valence-corrected chi connectivity index (χ4v) is 4.90. The first kappa shape index (κ1) is 16.0. The van der Waals surface area contributed by atoms with Crippen molar-refractivity contribution in [2.24, 2.45) is 0 Å². The summed E-state index contributed by atoms with van der Waals surface area (Å²) < 4.78 is 32.4. The molecule has 1 heterocycles. The molecule has 4 nitrogen and oxygen atoms in total. The number of benzene rings is 2. The summed E-state index contributed by atoms with van der Waals surface area (Å²) in [5.41, 5.74) is 1.85. The van der Waals surface area contributed by atoms with Crippen molar-refractivity contribution in [3.05, 3.63) is 65.7 Å². The smallest absolute Gasteiger partial charge is 0.218 e. The SMILES string of the molecule is COc1ccc([C@H]2CCCN2S(=O)(=O)Cc2ccccc2)cc1. The van der Waals surface area contributed by atoms with Gasteiger partial charge in [0.1, 0.15) is 5.75 Å². The molecule has 0 aliphatic carbocycles. The highest BCUT2D eigenvalue weighted by Crippen LogP contribution is 2.35. The zero-order chi connectivity index (χ0) is 16.3. The van der Waals surface area contributed by atoms with Crippen molar-refractivity contribution in [2.45, 2.75) is 24.6 Å². The third-order valence-corrected chi connectivity index (χ3v) is 6.10. The standard InChI is InChI=1S/C18H21NO3S/c1-22-17-11-9-16(10-12-17)18-8-5-13-19(18)23(20,21)14-15-6-3-2-4-7-15/h2-4,6-7,9-12,18H,5,8,13-14H2,1H3/t18-/m1/s1. The highest BCUT2D eigenvalue weighted by atomic mass is 32.2. The molecule has 2 aromatic carbocycles. The molecule has 0 N–H and O–H groups in total. The lowest BCUT2D eigenvalue weighted by molar-refractivity contribution is 0.394. The number of hydrogen-bond donors (Lipinski definition) is 0. The van der Waals surface area contributed by atoms with Gasteiger partial charge >= 0.3 is 0 Å². The van der Waals surface area contributed by atoms with Crippen LogP contribution < -0.4 is 4.74 Å². The Morgan fingerprint density at radius 3 is 2.43 bits per heavy atom. The van der Waals surface area contributed by atoms with Gasteiger partial charge in [0.05, 0.1) is 12.9 Å². The third kappa shape index (κ3) is 3.57. The number of sulfonamides is 1. The van der Waals surface area contributed by atoms with Crippen LogP contribution in [0.5, 0.6) is 5.75 Å². The first-order valence-electron chi connectivity index (χ1n) is 7.77. The van der Waals surface area contributed by atoms with Crippen molar-refractivity contribution in [3.8, 4) is 5.75 Å². The number of nitrogens with zero attached hydrogens (tertiary/aromatic N) is 1. The zero-order valence-electron chi connectivity index (χ0n) is 13.2. The molecule has 0 aromatic heterocycles. The Morgan fingerprint density at radius 2 is 1.78 bits per heavy atom. The lowest BCUT2D eigenvalue weighted by Crippen LogP contribution is -2.31. The molecule has 23 heavy (non-hydrogen) atoms. The summed E-state index contributed by atoms with van der Waals surface area (Å²) in [5.74, 6) is 0.839. The van der Waals surface area contributed by atoms with Gasteiger partial charge in [-0.1, -0.05) is 42.5 Å². The molecule has 0 radical (unpaired) electrons. The number of ether oxygens (including phenoxy) is 1. The van der Waals surface area contributed by atoms with Gasteiger partial charge < -0.3 is 4.74 Å². The van der Waals surface area contributed by atoms with Gasteiger partial charge in [0.15, 0.2) is 0 Å². The van der Waals surface area contributed by atoms with Crippen molar-refractivity contribution < 1.29 is 13.2 Å². The van der Waals surface area contributed by atoms with Crippen LogP contribution in [0.3, 0.4) is 0 Å². The maximum Gasteiger partial charge on any atom is 0.218 e. The predicted molar refractivity (Wildman–Crippen MR) is 90.7 cm³/mol. The van der Waals surface area contributed by atoms with Crippen LogP contribution >= 0.6 is 0 Å². The molecule has 0 saturated carbocycles. The second-order valence-electron chi connectivity index (χ2n) is 5.78. The number of hydrogen-bond acceptors (Lipinski definition) is 3. The first-order valence-corrected chi connectivity index (χ1v) is 9.38. The first-order chi connectivity index (χ1) is 11.1. The van der Waals surface area contributed by atoms with E-state index in [0.29, 0.717) is 6.54 Å². The van der Waals surface area contributed by atoms with E-state index in [9.17, 15) is 8.42 Å². The Labute approximate surface area is 137 Å². The van der Waals surface area contributed by atoms with Crippen LogP contribution in [0.2, 0.25) is 0 Å². The van der Waals surface area contributed by atoms with Crippen LogP contribution in [0.4, 0.5) is 0 Å². The summed E-state index contributed by atoms with van der Waals surface area (Å²) in [6.45, 7) is 0.589. The highest BCUT2D eigenvalue weighted by molar-refractivity contribution is 7.88. The summed E-state index contributed by atoms with van der Waals surface area (Å²) in [6.07, 6.45) is 1.76. The fourth-order valence-electron chi connectivity index (χ4n) is 3.10. The maximum absolute atomic E-state index is 12.8. The molecule has 0 amide bonds. The lowest BCUT2D eigenvalue weighted by atomic mass is 10.1. The zero-order valence-corrected chi connectivity index (χ0v) is 14.0. The maximum atomic E-state index is 12.8. The van der Waals surface area contributed by atoms with E-state index in [4.69, 9.17) is 4.74 Å². The Hall–Kier alpha value is -1.85. The van der Waals surface area contributed by atoms with E-state index in [1.54, 1.807) is 11.4 Å². The van der Waals surface area contributed by atoms with Crippen molar-refractivity contribution in [1.82, 2.24) is 4.31 Å². The molecular formula is C18H21NO3S. The van der Waals surface area contributed by atoms with E-state index in [1.165, 1.54) is 0 Å². The van der Waals surface area contributed by atoms with Gasteiger partial charge in [0.2, 0.25) is 10.0 Å². The molecule has 1 fully saturated rings. The monoisotopic (exact) mass is 331 g/mol. The average molecular weight is 331 g/mol. The Kier molecular flexibility index (Phi) is 4.68. The molecule has 3 rings (SSSR count). The van der Waals surface area contributed by atoms with Gasteiger partial charge in [-0.25, -0.2) is 8.42 Å². The third-order valence-electron chi connectivity index (χ3n) is 4.25. The second kappa shape index (κ2) is 6.72. The van der Waals surface area contributed by atoms with E-state index in [-0.39, 0.29) is 11.8 Å². The van der Waals surface area contributed by atoms with Crippen molar-refractivity contribution >= 4 is 10.0 Å². The minimum Gasteiger partial charge on any atom is -0.497 e. The van der Waals surface area contributed by atoms with Gasteiger partial charge in [0.25, 0.3) is 0 Å². The second-order valence-corrected chi connectivity index (χ2v) is 7.71. The highest BCUT2D eigenvalue weighted by Gasteiger charge is 2.35. The lowest BCUT2D eigenvalue weighted by Gasteiger charge is -2.24. The van der Waals surface area contributed by atoms with E-state index < -0.39 is 10.0 Å². The number of methoxy groups -OCH3 is 1. The van der Waals surface area contributed by atoms with Gasteiger partial charge in [-0.2, -0.15) is 4.31 Å². The van der Waals surface area contributed by atoms with E-state index >= 15 is 0 Å². The van der Waals surface area contributed by atoms with Crippen LogP contribution in [0.25, 0.3) is 0 Å². The summed E-state index contributed by atoms with van der Waals surface area (Å²) in [6, 6.07) is 17.0. The molecule has 1 aliphatic rings. The molecule has 1 saturated heterocycles. The van der Waals surface area contributed by atoms with E-state index in [2.05, 4.69) is 0 Å². The Morgan fingerprint density at radius 1 is 1.09 bits per heavy atom. The summed E-state index contributed by atoms with van der Waals surface area (Å²) in [5, 5.41) is 0. The van der Waals surface area contributed by atoms with Gasteiger partial charge in [-0.3, -0.25) is 0 Å². The quantitative estimate of drug-likeness (QED) is 0.844. The van der Waals surface area contributed by atoms with Gasteiger partial charge in [-0.15, -0.1) is 0 Å².